The van der Waals surface area contributed by atoms with Crippen molar-refractivity contribution < 1.29 is 14.0 Å². The fourth-order valence-corrected chi connectivity index (χ4v) is 3.05. The monoisotopic (exact) mass is 551 g/mol. The number of carbonyl (C=O) groups is 1. The summed E-state index contributed by atoms with van der Waals surface area (Å²) in [6.07, 6.45) is 7.42. The number of aldehydes is 1. The number of aryl methyl sites for hydroxylation is 1. The van der Waals surface area contributed by atoms with E-state index in [2.05, 4.69) is 28.0 Å². The van der Waals surface area contributed by atoms with Crippen LogP contribution in [0.2, 0.25) is 5.02 Å². The molecule has 0 amide bonds. The van der Waals surface area contributed by atoms with Crippen LogP contribution in [-0.4, -0.2) is 58.9 Å². The summed E-state index contributed by atoms with van der Waals surface area (Å²) in [5, 5.41) is 6.62. The van der Waals surface area contributed by atoms with E-state index < -0.39 is 5.82 Å². The number of hydrogen-bond acceptors (Lipinski definition) is 6. The highest BCUT2D eigenvalue weighted by Crippen LogP contribution is 2.32. The normalized spacial score (nSPS) is 11.8. The van der Waals surface area contributed by atoms with Crippen molar-refractivity contribution in [3.8, 4) is 0 Å². The summed E-state index contributed by atoms with van der Waals surface area (Å²) in [7, 11) is 7.35. The minimum atomic E-state index is -0.581. The highest BCUT2D eigenvalue weighted by molar-refractivity contribution is 6.30. The number of halogens is 2. The fourth-order valence-electron chi connectivity index (χ4n) is 2.82. The first-order valence-corrected chi connectivity index (χ1v) is 13.6. The molecule has 7 nitrogen and oxygen atoms in total. The van der Waals surface area contributed by atoms with E-state index in [1.807, 2.05) is 27.8 Å². The van der Waals surface area contributed by atoms with Crippen molar-refractivity contribution in [2.45, 2.75) is 53.4 Å². The Kier molecular flexibility index (Phi) is 20.0. The van der Waals surface area contributed by atoms with Crippen LogP contribution >= 0.6 is 11.6 Å². The molecule has 0 unspecified atom stereocenters. The van der Waals surface area contributed by atoms with E-state index in [1.54, 1.807) is 44.2 Å². The molecule has 9 heteroatoms. The van der Waals surface area contributed by atoms with Crippen LogP contribution in [0.4, 0.5) is 21.5 Å². The van der Waals surface area contributed by atoms with Crippen LogP contribution in [0.25, 0.3) is 0 Å². The molecule has 1 fully saturated rings. The summed E-state index contributed by atoms with van der Waals surface area (Å²) in [4.78, 5) is 21.9. The molecule has 3 N–H and O–H groups in total. The van der Waals surface area contributed by atoms with Crippen LogP contribution in [0, 0.1) is 18.7 Å². The molecular weight excluding hydrogens is 505 g/mol. The molecule has 0 radical (unpaired) electrons. The second-order valence-corrected chi connectivity index (χ2v) is 9.13. The van der Waals surface area contributed by atoms with Gasteiger partial charge in [-0.2, -0.15) is 0 Å². The maximum absolute atomic E-state index is 14.7. The molecule has 0 saturated heterocycles. The van der Waals surface area contributed by atoms with Crippen molar-refractivity contribution >= 4 is 41.3 Å². The summed E-state index contributed by atoms with van der Waals surface area (Å²) in [6.45, 7) is 10.1. The molecule has 2 aromatic carbocycles. The quantitative estimate of drug-likeness (QED) is 0.0905. The van der Waals surface area contributed by atoms with Gasteiger partial charge < -0.3 is 20.4 Å². The Bertz CT molecular complexity index is 949. The van der Waals surface area contributed by atoms with Gasteiger partial charge in [-0.3, -0.25) is 4.79 Å². The number of carbonyl (C=O) groups excluding carboxylic acids is 1. The van der Waals surface area contributed by atoms with Crippen LogP contribution in [-0.2, 0) is 4.84 Å². The third-order valence-corrected chi connectivity index (χ3v) is 5.33. The van der Waals surface area contributed by atoms with Gasteiger partial charge in [-0.25, -0.2) is 14.9 Å². The third kappa shape index (κ3) is 15.0. The zero-order chi connectivity index (χ0) is 28.9. The Balaban J connectivity index is 0.000000744. The predicted octanol–water partition coefficient (Wildman–Crippen LogP) is 7.14. The Morgan fingerprint density at radius 1 is 1.18 bits per heavy atom. The smallest absolute Gasteiger partial charge is 0.172 e. The molecule has 1 aliphatic rings. The first-order valence-electron chi connectivity index (χ1n) is 13.2. The zero-order valence-corrected chi connectivity index (χ0v) is 25.1. The lowest BCUT2D eigenvalue weighted by Crippen LogP contribution is -2.08. The number of nitrogens with one attached hydrogen (secondary N) is 3. The van der Waals surface area contributed by atoms with Crippen molar-refractivity contribution in [1.29, 1.82) is 0 Å². The number of rotatable bonds is 11. The SMILES string of the molecule is CC.CCCCNC.CNOCC1CC1.Cc1cc(Cl)ccc1Nc1c(C=O)ccc(N=CN(C)C)c1F. The Morgan fingerprint density at radius 3 is 2.34 bits per heavy atom. The molecular formula is C29H47ClFN5O2. The molecule has 0 spiro atoms. The van der Waals surface area contributed by atoms with Crippen molar-refractivity contribution in [1.82, 2.24) is 15.7 Å². The molecule has 1 aliphatic carbocycles. The second kappa shape index (κ2) is 21.4. The number of hydroxylamine groups is 1. The van der Waals surface area contributed by atoms with Crippen molar-refractivity contribution in [2.24, 2.45) is 10.9 Å². The van der Waals surface area contributed by atoms with Gasteiger partial charge in [-0.05, 0) is 81.6 Å². The highest BCUT2D eigenvalue weighted by atomic mass is 35.5. The van der Waals surface area contributed by atoms with Crippen molar-refractivity contribution in [3.05, 3.63) is 52.3 Å². The van der Waals surface area contributed by atoms with Gasteiger partial charge in [-0.1, -0.05) is 38.8 Å². The summed E-state index contributed by atoms with van der Waals surface area (Å²) in [6, 6.07) is 8.20. The van der Waals surface area contributed by atoms with E-state index in [0.29, 0.717) is 17.0 Å². The molecule has 3 rings (SSSR count). The van der Waals surface area contributed by atoms with E-state index in [0.717, 1.165) is 24.6 Å². The van der Waals surface area contributed by atoms with E-state index in [9.17, 15) is 9.18 Å². The van der Waals surface area contributed by atoms with Crippen LogP contribution in [0.5, 0.6) is 0 Å². The molecule has 2 aromatic rings. The van der Waals surface area contributed by atoms with Gasteiger partial charge in [0.15, 0.2) is 12.1 Å². The maximum Gasteiger partial charge on any atom is 0.172 e. The predicted molar refractivity (Wildman–Crippen MR) is 161 cm³/mol. The van der Waals surface area contributed by atoms with E-state index in [4.69, 9.17) is 16.4 Å². The third-order valence-electron chi connectivity index (χ3n) is 5.10. The summed E-state index contributed by atoms with van der Waals surface area (Å²) in [5.74, 6) is 0.287. The highest BCUT2D eigenvalue weighted by Gasteiger charge is 2.20. The molecule has 0 heterocycles. The van der Waals surface area contributed by atoms with Crippen LogP contribution in [0.1, 0.15) is 62.4 Å². The Morgan fingerprint density at radius 2 is 1.87 bits per heavy atom. The van der Waals surface area contributed by atoms with Crippen LogP contribution in [0.3, 0.4) is 0 Å². The molecule has 0 atom stereocenters. The Labute approximate surface area is 234 Å². The number of aliphatic imine (C=N–C) groups is 1. The fraction of sp³-hybridized carbons (Fsp3) is 0.517. The standard InChI is InChI=1S/C17H17ClFN3O.C5H11NO.C5H13N.C2H6/c1-11-8-13(18)5-7-14(11)21-17-12(9-23)4-6-15(16(17)19)20-10-22(2)3;1-6-7-4-5-2-3-5;1-3-4-5-6-2;1-2/h4-10,21H,1-3H3;5-6H,2-4H2,1H3;6H,3-5H2,1-2H3;1-2H3. The van der Waals surface area contributed by atoms with Crippen LogP contribution in [0.15, 0.2) is 35.3 Å². The van der Waals surface area contributed by atoms with Crippen molar-refractivity contribution in [2.75, 3.05) is 46.7 Å². The van der Waals surface area contributed by atoms with Gasteiger partial charge in [0.1, 0.15) is 5.69 Å². The average Bonchev–Trinajstić information content (AvgIpc) is 3.74. The number of anilines is 2. The van der Waals surface area contributed by atoms with E-state index in [-0.39, 0.29) is 16.9 Å². The number of nitrogens with zero attached hydrogens (tertiary/aromatic N) is 2. The van der Waals surface area contributed by atoms with E-state index >= 15 is 0 Å². The number of hydrogen-bond donors (Lipinski definition) is 3. The van der Waals surface area contributed by atoms with Gasteiger partial charge in [0.2, 0.25) is 0 Å². The molecule has 1 saturated carbocycles. The maximum atomic E-state index is 14.7. The van der Waals surface area contributed by atoms with Gasteiger partial charge in [0, 0.05) is 37.4 Å². The lowest BCUT2D eigenvalue weighted by Gasteiger charge is -2.14. The molecule has 0 aromatic heterocycles. The number of benzene rings is 2. The Hall–Kier alpha value is -2.52. The zero-order valence-electron chi connectivity index (χ0n) is 24.3. The minimum absolute atomic E-state index is 0.0961. The average molecular weight is 552 g/mol. The molecule has 0 aliphatic heterocycles. The second-order valence-electron chi connectivity index (χ2n) is 8.69. The van der Waals surface area contributed by atoms with Crippen LogP contribution < -0.4 is 16.1 Å². The summed E-state index contributed by atoms with van der Waals surface area (Å²) in [5.41, 5.74) is 4.62. The summed E-state index contributed by atoms with van der Waals surface area (Å²) >= 11 is 5.92. The lowest BCUT2D eigenvalue weighted by atomic mass is 10.1. The first kappa shape index (κ1) is 35.5. The largest absolute Gasteiger partial charge is 0.369 e. The first-order chi connectivity index (χ1) is 18.3. The molecule has 0 bridgehead atoms. The summed E-state index contributed by atoms with van der Waals surface area (Å²) < 4.78 is 14.7. The van der Waals surface area contributed by atoms with Gasteiger partial charge >= 0.3 is 0 Å². The van der Waals surface area contributed by atoms with Crippen molar-refractivity contribution in [3.63, 3.8) is 0 Å². The topological polar surface area (TPSA) is 78.0 Å². The van der Waals surface area contributed by atoms with E-state index in [1.165, 1.54) is 44.2 Å². The lowest BCUT2D eigenvalue weighted by molar-refractivity contribution is 0.0501. The van der Waals surface area contributed by atoms with Gasteiger partial charge in [0.05, 0.1) is 18.6 Å². The molecule has 38 heavy (non-hydrogen) atoms. The van der Waals surface area contributed by atoms with Gasteiger partial charge in [-0.15, -0.1) is 0 Å². The minimum Gasteiger partial charge on any atom is -0.369 e. The molecule has 214 valence electrons. The van der Waals surface area contributed by atoms with Gasteiger partial charge in [0.25, 0.3) is 0 Å². The number of unbranched alkanes of at least 4 members (excludes halogenated alkanes) is 1.